The molecule has 0 radical (unpaired) electrons. The summed E-state index contributed by atoms with van der Waals surface area (Å²) < 4.78 is 81.4. The molecule has 2 aliphatic rings. The molecule has 1 N–H and O–H groups in total. The van der Waals surface area contributed by atoms with Crippen LogP contribution in [0.5, 0.6) is 0 Å². The van der Waals surface area contributed by atoms with E-state index in [2.05, 4.69) is 5.10 Å². The third-order valence-electron chi connectivity index (χ3n) is 4.74. The van der Waals surface area contributed by atoms with Crippen LogP contribution < -0.4 is 0 Å². The molecule has 1 aromatic rings. The summed E-state index contributed by atoms with van der Waals surface area (Å²) in [6.45, 7) is 1.41. The van der Waals surface area contributed by atoms with Gasteiger partial charge in [-0.2, -0.15) is 18.3 Å². The standard InChI is InChI=1S/C14H16F6N2O/c1-12(15)4-2-7(3-5-12)22-8-6-13(16,17)11(23)9(8)10(21-22)14(18,19)20/h7,11,23H,2-6H2,1H3. The number of aliphatic hydroxyl groups excluding tert-OH is 1. The first kappa shape index (κ1) is 16.6. The third-order valence-corrected chi connectivity index (χ3v) is 4.74. The van der Waals surface area contributed by atoms with Gasteiger partial charge >= 0.3 is 6.18 Å². The molecule has 2 aliphatic carbocycles. The molecule has 1 atom stereocenters. The molecule has 0 saturated heterocycles. The Morgan fingerprint density at radius 2 is 1.74 bits per heavy atom. The highest BCUT2D eigenvalue weighted by molar-refractivity contribution is 5.38. The average Bonchev–Trinajstić information content (AvgIpc) is 2.86. The zero-order valence-corrected chi connectivity index (χ0v) is 12.3. The molecule has 3 rings (SSSR count). The van der Waals surface area contributed by atoms with E-state index in [-0.39, 0.29) is 31.4 Å². The van der Waals surface area contributed by atoms with Crippen LogP contribution in [-0.2, 0) is 12.6 Å². The van der Waals surface area contributed by atoms with E-state index in [0.29, 0.717) is 0 Å². The molecular formula is C14H16F6N2O. The molecule has 0 spiro atoms. The SMILES string of the molecule is CC1(F)CCC(n2nc(C(F)(F)F)c3c2CC(F)(F)C3O)CC1. The Kier molecular flexibility index (Phi) is 3.52. The molecule has 9 heteroatoms. The van der Waals surface area contributed by atoms with Crippen molar-refractivity contribution in [3.63, 3.8) is 0 Å². The van der Waals surface area contributed by atoms with Gasteiger partial charge in [0.1, 0.15) is 11.8 Å². The lowest BCUT2D eigenvalue weighted by Gasteiger charge is -2.32. The van der Waals surface area contributed by atoms with E-state index < -0.39 is 47.6 Å². The van der Waals surface area contributed by atoms with Gasteiger partial charge in [0.15, 0.2) is 5.69 Å². The van der Waals surface area contributed by atoms with Crippen molar-refractivity contribution >= 4 is 0 Å². The number of fused-ring (bicyclic) bond motifs is 1. The van der Waals surface area contributed by atoms with Gasteiger partial charge in [0.2, 0.25) is 0 Å². The van der Waals surface area contributed by atoms with Gasteiger partial charge in [0.25, 0.3) is 5.92 Å². The maximum absolute atomic E-state index is 13.8. The van der Waals surface area contributed by atoms with Crippen LogP contribution in [0.4, 0.5) is 26.3 Å². The topological polar surface area (TPSA) is 38.0 Å². The number of aliphatic hydroxyl groups is 1. The monoisotopic (exact) mass is 342 g/mol. The Morgan fingerprint density at radius 3 is 2.26 bits per heavy atom. The second-order valence-corrected chi connectivity index (χ2v) is 6.64. The zero-order chi connectivity index (χ0) is 17.2. The summed E-state index contributed by atoms with van der Waals surface area (Å²) in [5.41, 5.74) is -3.99. The van der Waals surface area contributed by atoms with Gasteiger partial charge in [-0.05, 0) is 32.6 Å². The van der Waals surface area contributed by atoms with Crippen LogP contribution in [0.2, 0.25) is 0 Å². The van der Waals surface area contributed by atoms with Gasteiger partial charge in [-0.25, -0.2) is 13.2 Å². The van der Waals surface area contributed by atoms with E-state index in [1.807, 2.05) is 0 Å². The van der Waals surface area contributed by atoms with Crippen molar-refractivity contribution < 1.29 is 31.4 Å². The van der Waals surface area contributed by atoms with Crippen LogP contribution in [-0.4, -0.2) is 26.5 Å². The Bertz CT molecular complexity index is 612. The van der Waals surface area contributed by atoms with Crippen molar-refractivity contribution in [2.45, 2.75) is 68.9 Å². The molecule has 3 nitrogen and oxygen atoms in total. The zero-order valence-electron chi connectivity index (χ0n) is 12.3. The quantitative estimate of drug-likeness (QED) is 0.784. The predicted octanol–water partition coefficient (Wildman–Crippen LogP) is 3.97. The smallest absolute Gasteiger partial charge is 0.382 e. The van der Waals surface area contributed by atoms with Gasteiger partial charge in [0.05, 0.1) is 18.2 Å². The fourth-order valence-electron chi connectivity index (χ4n) is 3.44. The van der Waals surface area contributed by atoms with Crippen molar-refractivity contribution in [2.75, 3.05) is 0 Å². The Balaban J connectivity index is 2.02. The molecule has 0 bridgehead atoms. The molecule has 0 aliphatic heterocycles. The van der Waals surface area contributed by atoms with Crippen LogP contribution in [0, 0.1) is 0 Å². The summed E-state index contributed by atoms with van der Waals surface area (Å²) in [6, 6.07) is -0.565. The molecule has 1 aromatic heterocycles. The normalized spacial score (nSPS) is 33.7. The second-order valence-electron chi connectivity index (χ2n) is 6.64. The lowest BCUT2D eigenvalue weighted by Crippen LogP contribution is -2.30. The summed E-state index contributed by atoms with van der Waals surface area (Å²) in [4.78, 5) is 0. The second kappa shape index (κ2) is 4.87. The van der Waals surface area contributed by atoms with Crippen molar-refractivity contribution in [1.82, 2.24) is 9.78 Å². The maximum Gasteiger partial charge on any atom is 0.435 e. The molecule has 0 aromatic carbocycles. The number of rotatable bonds is 1. The minimum atomic E-state index is -4.93. The van der Waals surface area contributed by atoms with E-state index >= 15 is 0 Å². The first-order valence-electron chi connectivity index (χ1n) is 7.36. The van der Waals surface area contributed by atoms with Gasteiger partial charge < -0.3 is 5.11 Å². The van der Waals surface area contributed by atoms with Crippen molar-refractivity contribution in [3.8, 4) is 0 Å². The minimum absolute atomic E-state index is 0.132. The van der Waals surface area contributed by atoms with E-state index in [0.717, 1.165) is 4.68 Å². The van der Waals surface area contributed by atoms with Crippen LogP contribution in [0.15, 0.2) is 0 Å². The number of aromatic nitrogens is 2. The Hall–Kier alpha value is -1.25. The summed E-state index contributed by atoms with van der Waals surface area (Å²) in [5.74, 6) is -3.65. The molecule has 0 amide bonds. The summed E-state index contributed by atoms with van der Waals surface area (Å²) in [5, 5.41) is 13.1. The summed E-state index contributed by atoms with van der Waals surface area (Å²) >= 11 is 0. The molecular weight excluding hydrogens is 326 g/mol. The van der Waals surface area contributed by atoms with Gasteiger partial charge in [0, 0.05) is 5.56 Å². The lowest BCUT2D eigenvalue weighted by atomic mass is 9.85. The molecule has 23 heavy (non-hydrogen) atoms. The van der Waals surface area contributed by atoms with E-state index in [1.165, 1.54) is 6.92 Å². The highest BCUT2D eigenvalue weighted by Crippen LogP contribution is 2.50. The number of alkyl halides is 6. The first-order chi connectivity index (χ1) is 10.4. The minimum Gasteiger partial charge on any atom is -0.382 e. The first-order valence-corrected chi connectivity index (χ1v) is 7.36. The summed E-state index contributed by atoms with van der Waals surface area (Å²) in [6.07, 6.45) is -7.73. The largest absolute Gasteiger partial charge is 0.435 e. The maximum atomic E-state index is 13.8. The fraction of sp³-hybridized carbons (Fsp3) is 0.786. The van der Waals surface area contributed by atoms with Gasteiger partial charge in [-0.3, -0.25) is 4.68 Å². The average molecular weight is 342 g/mol. The van der Waals surface area contributed by atoms with Crippen LogP contribution in [0.1, 0.15) is 61.7 Å². The van der Waals surface area contributed by atoms with Gasteiger partial charge in [-0.15, -0.1) is 0 Å². The Morgan fingerprint density at radius 1 is 1.17 bits per heavy atom. The highest BCUT2D eigenvalue weighted by atomic mass is 19.4. The van der Waals surface area contributed by atoms with E-state index in [4.69, 9.17) is 0 Å². The van der Waals surface area contributed by atoms with Crippen LogP contribution >= 0.6 is 0 Å². The summed E-state index contributed by atoms with van der Waals surface area (Å²) in [7, 11) is 0. The molecule has 130 valence electrons. The van der Waals surface area contributed by atoms with Crippen molar-refractivity contribution in [3.05, 3.63) is 17.0 Å². The van der Waals surface area contributed by atoms with E-state index in [9.17, 15) is 31.4 Å². The third kappa shape index (κ3) is 2.72. The number of hydrogen-bond donors (Lipinski definition) is 1. The predicted molar refractivity (Wildman–Crippen MR) is 67.9 cm³/mol. The molecule has 1 saturated carbocycles. The molecule has 1 unspecified atom stereocenters. The number of nitrogens with zero attached hydrogens (tertiary/aromatic N) is 2. The van der Waals surface area contributed by atoms with Crippen LogP contribution in [0.25, 0.3) is 0 Å². The lowest BCUT2D eigenvalue weighted by molar-refractivity contribution is -0.146. The highest BCUT2D eigenvalue weighted by Gasteiger charge is 2.55. The number of halogens is 6. The Labute approximate surface area is 128 Å². The van der Waals surface area contributed by atoms with Gasteiger partial charge in [-0.1, -0.05) is 0 Å². The van der Waals surface area contributed by atoms with E-state index in [1.54, 1.807) is 0 Å². The molecule has 1 fully saturated rings. The van der Waals surface area contributed by atoms with Crippen molar-refractivity contribution in [1.29, 1.82) is 0 Å². The van der Waals surface area contributed by atoms with Crippen LogP contribution in [0.3, 0.4) is 0 Å². The fourth-order valence-corrected chi connectivity index (χ4v) is 3.44. The number of hydrogen-bond acceptors (Lipinski definition) is 2. The molecule has 1 heterocycles. The van der Waals surface area contributed by atoms with Crippen molar-refractivity contribution in [2.24, 2.45) is 0 Å².